The number of aryl methyl sites for hydroxylation is 4. The number of sulfonamides is 1. The minimum atomic E-state index is -4.28. The molecular weight excluding hydrogens is 478 g/mol. The smallest absolute Gasteiger partial charge is 0.281 e. The lowest BCUT2D eigenvalue weighted by atomic mass is 10.1. The van der Waals surface area contributed by atoms with Gasteiger partial charge in [-0.15, -0.1) is 0 Å². The predicted molar refractivity (Wildman–Crippen MR) is 143 cm³/mol. The van der Waals surface area contributed by atoms with E-state index in [9.17, 15) is 13.2 Å². The quantitative estimate of drug-likeness (QED) is 0.449. The molecule has 1 aromatic carbocycles. The van der Waals surface area contributed by atoms with Gasteiger partial charge < -0.3 is 15.4 Å². The zero-order valence-electron chi connectivity index (χ0n) is 21.7. The topological polar surface area (TPSA) is 128 Å². The number of hydrogen-bond acceptors (Lipinski definition) is 8. The van der Waals surface area contributed by atoms with Crippen LogP contribution in [0.1, 0.15) is 47.9 Å². The second kappa shape index (κ2) is 10.5. The molecule has 3 rings (SSSR count). The molecule has 0 spiro atoms. The molecule has 0 radical (unpaired) electrons. The fourth-order valence-corrected chi connectivity index (χ4v) is 5.02. The van der Waals surface area contributed by atoms with Gasteiger partial charge in [-0.3, -0.25) is 4.79 Å². The number of ether oxygens (including phenoxy) is 1. The summed E-state index contributed by atoms with van der Waals surface area (Å²) in [6, 6.07) is 9.69. The highest BCUT2D eigenvalue weighted by atomic mass is 32.2. The Bertz CT molecular complexity index is 1390. The molecule has 2 aromatic heterocycles. The minimum absolute atomic E-state index is 0. The first-order valence-corrected chi connectivity index (χ1v) is 13.0. The van der Waals surface area contributed by atoms with Gasteiger partial charge in [-0.2, -0.15) is 13.4 Å². The van der Waals surface area contributed by atoms with E-state index in [1.807, 2.05) is 51.8 Å². The highest BCUT2D eigenvalue weighted by molar-refractivity contribution is 7.90. The lowest BCUT2D eigenvalue weighted by Gasteiger charge is -2.24. The van der Waals surface area contributed by atoms with Crippen molar-refractivity contribution in [2.24, 2.45) is 5.92 Å². The van der Waals surface area contributed by atoms with Gasteiger partial charge in [0.2, 0.25) is 5.88 Å². The molecule has 0 fully saturated rings. The third-order valence-electron chi connectivity index (χ3n) is 5.45. The van der Waals surface area contributed by atoms with E-state index in [-0.39, 0.29) is 23.7 Å². The number of nitrogen functional groups attached to an aromatic ring is 1. The number of aromatic nitrogens is 2. The second-order valence-electron chi connectivity index (χ2n) is 9.42. The Morgan fingerprint density at radius 2 is 1.72 bits per heavy atom. The zero-order valence-corrected chi connectivity index (χ0v) is 22.5. The fraction of sp³-hybridized carbons (Fsp3) is 0.346. The van der Waals surface area contributed by atoms with Crippen molar-refractivity contribution in [2.75, 3.05) is 24.2 Å². The molecule has 2 heterocycles. The van der Waals surface area contributed by atoms with Gasteiger partial charge in [0.15, 0.2) is 5.03 Å². The van der Waals surface area contributed by atoms with E-state index in [4.69, 9.17) is 10.5 Å². The van der Waals surface area contributed by atoms with Gasteiger partial charge >= 0.3 is 0 Å². The number of amides is 1. The highest BCUT2D eigenvalue weighted by Crippen LogP contribution is 2.33. The molecule has 3 aromatic rings. The van der Waals surface area contributed by atoms with E-state index in [0.29, 0.717) is 23.0 Å². The van der Waals surface area contributed by atoms with Crippen molar-refractivity contribution in [3.8, 4) is 11.6 Å². The molecule has 0 aliphatic heterocycles. The van der Waals surface area contributed by atoms with E-state index in [1.165, 1.54) is 18.2 Å². The van der Waals surface area contributed by atoms with E-state index >= 15 is 0 Å². The van der Waals surface area contributed by atoms with Crippen LogP contribution < -0.4 is 20.1 Å². The SMILES string of the molecule is Cc1cc(C)c(Oc2nc(N(C)CC(C)C)c(C)cc2C(=O)NS(=O)(=O)c2cccc(N)n2)c(C)c1.[HH]. The molecule has 194 valence electrons. The van der Waals surface area contributed by atoms with Gasteiger partial charge in [-0.1, -0.05) is 37.6 Å². The van der Waals surface area contributed by atoms with Gasteiger partial charge in [0.25, 0.3) is 15.9 Å². The molecule has 0 saturated carbocycles. The second-order valence-corrected chi connectivity index (χ2v) is 11.1. The van der Waals surface area contributed by atoms with Crippen molar-refractivity contribution in [2.45, 2.75) is 46.6 Å². The van der Waals surface area contributed by atoms with Crippen molar-refractivity contribution in [3.05, 3.63) is 64.2 Å². The molecular formula is C26H35N5O4S. The first kappa shape index (κ1) is 26.9. The standard InChI is InChI=1S/C26H33N5O4S.H2/c1-15(2)14-31(7)24-19(6)13-20(25(32)30-36(33,34)22-10-8-9-21(27)28-22)26(29-24)35-23-17(4)11-16(3)12-18(23)5;/h8-13,15H,14H2,1-7H3,(H2,27,28)(H,30,32);1H. The first-order valence-electron chi connectivity index (χ1n) is 11.6. The van der Waals surface area contributed by atoms with Crippen molar-refractivity contribution >= 4 is 27.6 Å². The van der Waals surface area contributed by atoms with Gasteiger partial charge in [0, 0.05) is 15.0 Å². The summed E-state index contributed by atoms with van der Waals surface area (Å²) in [5, 5.41) is -0.360. The first-order chi connectivity index (χ1) is 16.8. The maximum Gasteiger partial charge on any atom is 0.281 e. The third-order valence-corrected chi connectivity index (χ3v) is 6.68. The van der Waals surface area contributed by atoms with Gasteiger partial charge in [-0.05, 0) is 68.5 Å². The van der Waals surface area contributed by atoms with Crippen LogP contribution >= 0.6 is 0 Å². The molecule has 0 saturated heterocycles. The van der Waals surface area contributed by atoms with Crippen LogP contribution in [0.15, 0.2) is 41.4 Å². The van der Waals surface area contributed by atoms with Crippen LogP contribution in [-0.2, 0) is 10.0 Å². The van der Waals surface area contributed by atoms with Crippen LogP contribution in [0.25, 0.3) is 0 Å². The number of anilines is 2. The molecule has 10 heteroatoms. The van der Waals surface area contributed by atoms with E-state index in [0.717, 1.165) is 23.2 Å². The normalized spacial score (nSPS) is 11.4. The van der Waals surface area contributed by atoms with Gasteiger partial charge in [0.1, 0.15) is 22.9 Å². The number of nitrogens with zero attached hydrogens (tertiary/aromatic N) is 3. The number of benzene rings is 1. The molecule has 36 heavy (non-hydrogen) atoms. The Labute approximate surface area is 214 Å². The van der Waals surface area contributed by atoms with Crippen molar-refractivity contribution < 1.29 is 19.4 Å². The molecule has 3 N–H and O–H groups in total. The number of carbonyl (C=O) groups excluding carboxylic acids is 1. The van der Waals surface area contributed by atoms with E-state index < -0.39 is 15.9 Å². The van der Waals surface area contributed by atoms with E-state index in [1.54, 1.807) is 6.07 Å². The third kappa shape index (κ3) is 6.12. The summed E-state index contributed by atoms with van der Waals surface area (Å²) in [5.74, 6) is 0.720. The summed E-state index contributed by atoms with van der Waals surface area (Å²) in [6.45, 7) is 12.5. The Hall–Kier alpha value is -3.66. The highest BCUT2D eigenvalue weighted by Gasteiger charge is 2.26. The number of nitrogens with two attached hydrogens (primary N) is 1. The molecule has 0 aliphatic rings. The van der Waals surface area contributed by atoms with Gasteiger partial charge in [0.05, 0.1) is 0 Å². The Balaban J connectivity index is 0.00000481. The monoisotopic (exact) mass is 513 g/mol. The fourth-order valence-electron chi connectivity index (χ4n) is 4.08. The van der Waals surface area contributed by atoms with Crippen LogP contribution in [0.3, 0.4) is 0 Å². The molecule has 0 atom stereocenters. The summed E-state index contributed by atoms with van der Waals surface area (Å²) in [7, 11) is -2.37. The van der Waals surface area contributed by atoms with Crippen molar-refractivity contribution in [1.29, 1.82) is 0 Å². The largest absolute Gasteiger partial charge is 0.438 e. The Morgan fingerprint density at radius 1 is 1.08 bits per heavy atom. The molecule has 0 aliphatic carbocycles. The number of carbonyl (C=O) groups is 1. The lowest BCUT2D eigenvalue weighted by Crippen LogP contribution is -2.32. The van der Waals surface area contributed by atoms with Crippen LogP contribution in [0.5, 0.6) is 11.6 Å². The summed E-state index contributed by atoms with van der Waals surface area (Å²) in [6.07, 6.45) is 0. The number of hydrogen-bond donors (Lipinski definition) is 2. The summed E-state index contributed by atoms with van der Waals surface area (Å²) in [4.78, 5) is 23.8. The van der Waals surface area contributed by atoms with Crippen molar-refractivity contribution in [1.82, 2.24) is 14.7 Å². The maximum absolute atomic E-state index is 13.3. The van der Waals surface area contributed by atoms with E-state index in [2.05, 4.69) is 28.5 Å². The average molecular weight is 514 g/mol. The predicted octanol–water partition coefficient (Wildman–Crippen LogP) is 4.54. The molecule has 0 bridgehead atoms. The molecule has 0 unspecified atom stereocenters. The maximum atomic E-state index is 13.3. The Morgan fingerprint density at radius 3 is 2.31 bits per heavy atom. The summed E-state index contributed by atoms with van der Waals surface area (Å²) in [5.41, 5.74) is 9.13. The Kier molecular flexibility index (Phi) is 7.88. The van der Waals surface area contributed by atoms with Crippen LogP contribution in [0.4, 0.5) is 11.6 Å². The zero-order chi connectivity index (χ0) is 26.8. The summed E-state index contributed by atoms with van der Waals surface area (Å²) >= 11 is 0. The minimum Gasteiger partial charge on any atom is -0.438 e. The molecule has 1 amide bonds. The number of rotatable bonds is 8. The van der Waals surface area contributed by atoms with Crippen LogP contribution in [-0.4, -0.2) is 37.9 Å². The number of pyridine rings is 2. The van der Waals surface area contributed by atoms with Crippen LogP contribution in [0.2, 0.25) is 0 Å². The van der Waals surface area contributed by atoms with Gasteiger partial charge in [-0.25, -0.2) is 9.71 Å². The van der Waals surface area contributed by atoms with Crippen molar-refractivity contribution in [3.63, 3.8) is 0 Å². The van der Waals surface area contributed by atoms with Crippen LogP contribution in [0, 0.1) is 33.6 Å². The lowest BCUT2D eigenvalue weighted by molar-refractivity contribution is 0.0978. The average Bonchev–Trinajstić information content (AvgIpc) is 2.75. The molecule has 9 nitrogen and oxygen atoms in total. The number of nitrogens with one attached hydrogen (secondary N) is 1. The summed E-state index contributed by atoms with van der Waals surface area (Å²) < 4.78 is 34.0.